The van der Waals surface area contributed by atoms with E-state index in [-0.39, 0.29) is 5.82 Å². The molecule has 0 bridgehead atoms. The van der Waals surface area contributed by atoms with Crippen LogP contribution in [0.3, 0.4) is 0 Å². The van der Waals surface area contributed by atoms with Gasteiger partial charge in [0.05, 0.1) is 0 Å². The highest BCUT2D eigenvalue weighted by molar-refractivity contribution is 6.31. The molecular formula is C11H13ClFN. The zero-order valence-corrected chi connectivity index (χ0v) is 8.81. The smallest absolute Gasteiger partial charge is 0.123 e. The lowest BCUT2D eigenvalue weighted by atomic mass is 9.88. The van der Waals surface area contributed by atoms with Crippen molar-refractivity contribution in [1.29, 1.82) is 0 Å². The first kappa shape index (κ1) is 9.94. The molecule has 0 amide bonds. The van der Waals surface area contributed by atoms with E-state index >= 15 is 0 Å². The lowest BCUT2D eigenvalue weighted by Crippen LogP contribution is -2.35. The van der Waals surface area contributed by atoms with Crippen molar-refractivity contribution in [2.24, 2.45) is 11.7 Å². The molecule has 1 atom stereocenters. The molecule has 1 aromatic carbocycles. The molecule has 2 N–H and O–H groups in total. The maximum absolute atomic E-state index is 13.0. The molecule has 1 saturated carbocycles. The van der Waals surface area contributed by atoms with E-state index in [1.54, 1.807) is 6.07 Å². The Labute approximate surface area is 88.1 Å². The highest BCUT2D eigenvalue weighted by Crippen LogP contribution is 2.45. The summed E-state index contributed by atoms with van der Waals surface area (Å²) in [6, 6.07) is 4.37. The fourth-order valence-electron chi connectivity index (χ4n) is 1.81. The summed E-state index contributed by atoms with van der Waals surface area (Å²) >= 11 is 6.01. The first-order chi connectivity index (χ1) is 6.51. The Hall–Kier alpha value is -0.600. The fraction of sp³-hybridized carbons (Fsp3) is 0.455. The van der Waals surface area contributed by atoms with Gasteiger partial charge in [-0.1, -0.05) is 11.6 Å². The van der Waals surface area contributed by atoms with Crippen LogP contribution in [0.5, 0.6) is 0 Å². The summed E-state index contributed by atoms with van der Waals surface area (Å²) in [5, 5.41) is 0.559. The van der Waals surface area contributed by atoms with Crippen LogP contribution in [0.25, 0.3) is 0 Å². The van der Waals surface area contributed by atoms with Gasteiger partial charge in [0.25, 0.3) is 0 Å². The van der Waals surface area contributed by atoms with Crippen molar-refractivity contribution in [3.05, 3.63) is 34.6 Å². The number of rotatable bonds is 2. The molecule has 76 valence electrons. The van der Waals surface area contributed by atoms with E-state index in [1.807, 2.05) is 6.92 Å². The lowest BCUT2D eigenvalue weighted by Gasteiger charge is -2.26. The molecule has 0 saturated heterocycles. The molecule has 3 heteroatoms. The van der Waals surface area contributed by atoms with Gasteiger partial charge in [-0.3, -0.25) is 0 Å². The van der Waals surface area contributed by atoms with Crippen LogP contribution in [-0.4, -0.2) is 0 Å². The van der Waals surface area contributed by atoms with Crippen LogP contribution >= 0.6 is 11.6 Å². The van der Waals surface area contributed by atoms with Crippen LogP contribution in [-0.2, 0) is 5.54 Å². The Morgan fingerprint density at radius 3 is 2.71 bits per heavy atom. The average Bonchev–Trinajstić information content (AvgIpc) is 2.91. The molecule has 0 radical (unpaired) electrons. The summed E-state index contributed by atoms with van der Waals surface area (Å²) < 4.78 is 13.0. The maximum Gasteiger partial charge on any atom is 0.123 e. The molecule has 14 heavy (non-hydrogen) atoms. The average molecular weight is 214 g/mol. The summed E-state index contributed by atoms with van der Waals surface area (Å²) in [7, 11) is 0. The quantitative estimate of drug-likeness (QED) is 0.803. The van der Waals surface area contributed by atoms with Crippen molar-refractivity contribution in [3.8, 4) is 0 Å². The van der Waals surface area contributed by atoms with Gasteiger partial charge in [0.2, 0.25) is 0 Å². The number of hydrogen-bond acceptors (Lipinski definition) is 1. The Morgan fingerprint density at radius 1 is 1.50 bits per heavy atom. The van der Waals surface area contributed by atoms with E-state index in [9.17, 15) is 4.39 Å². The molecule has 0 spiro atoms. The molecule has 1 fully saturated rings. The Morgan fingerprint density at radius 2 is 2.14 bits per heavy atom. The first-order valence-corrected chi connectivity index (χ1v) is 5.14. The molecule has 0 aromatic heterocycles. The Balaban J connectivity index is 2.43. The first-order valence-electron chi connectivity index (χ1n) is 4.76. The molecule has 1 aromatic rings. The lowest BCUT2D eigenvalue weighted by molar-refractivity contribution is 0.424. The monoisotopic (exact) mass is 213 g/mol. The van der Waals surface area contributed by atoms with Gasteiger partial charge >= 0.3 is 0 Å². The third-order valence-electron chi connectivity index (χ3n) is 2.93. The summed E-state index contributed by atoms with van der Waals surface area (Å²) in [5.41, 5.74) is 6.40. The van der Waals surface area contributed by atoms with Crippen molar-refractivity contribution in [3.63, 3.8) is 0 Å². The minimum absolute atomic E-state index is 0.276. The van der Waals surface area contributed by atoms with Gasteiger partial charge in [0.15, 0.2) is 0 Å². The predicted octanol–water partition coefficient (Wildman–Crippen LogP) is 3.06. The van der Waals surface area contributed by atoms with E-state index in [0.717, 1.165) is 18.4 Å². The summed E-state index contributed by atoms with van der Waals surface area (Å²) in [6.45, 7) is 1.92. The molecule has 0 aliphatic heterocycles. The van der Waals surface area contributed by atoms with Crippen LogP contribution in [0.15, 0.2) is 18.2 Å². The highest BCUT2D eigenvalue weighted by atomic mass is 35.5. The van der Waals surface area contributed by atoms with Crippen LogP contribution in [0.1, 0.15) is 25.3 Å². The van der Waals surface area contributed by atoms with E-state index in [1.165, 1.54) is 12.1 Å². The van der Waals surface area contributed by atoms with Crippen molar-refractivity contribution >= 4 is 11.6 Å². The highest BCUT2D eigenvalue weighted by Gasteiger charge is 2.40. The van der Waals surface area contributed by atoms with Gasteiger partial charge in [0.1, 0.15) is 5.82 Å². The second kappa shape index (κ2) is 3.21. The second-order valence-corrected chi connectivity index (χ2v) is 4.59. The Bertz CT molecular complexity index is 358. The van der Waals surface area contributed by atoms with Crippen molar-refractivity contribution < 1.29 is 4.39 Å². The third kappa shape index (κ3) is 1.64. The van der Waals surface area contributed by atoms with E-state index in [0.29, 0.717) is 10.9 Å². The maximum atomic E-state index is 13.0. The van der Waals surface area contributed by atoms with Crippen LogP contribution in [0.4, 0.5) is 4.39 Å². The summed E-state index contributed by atoms with van der Waals surface area (Å²) in [4.78, 5) is 0. The number of hydrogen-bond donors (Lipinski definition) is 1. The largest absolute Gasteiger partial charge is 0.321 e. The van der Waals surface area contributed by atoms with Crippen LogP contribution in [0, 0.1) is 11.7 Å². The van der Waals surface area contributed by atoms with Gasteiger partial charge in [0, 0.05) is 10.6 Å². The molecular weight excluding hydrogens is 201 g/mol. The number of halogens is 2. The van der Waals surface area contributed by atoms with Gasteiger partial charge < -0.3 is 5.73 Å². The minimum Gasteiger partial charge on any atom is -0.321 e. The normalized spacial score (nSPS) is 20.6. The summed E-state index contributed by atoms with van der Waals surface area (Å²) in [6.07, 6.45) is 2.22. The van der Waals surface area contributed by atoms with E-state index < -0.39 is 5.54 Å². The molecule has 1 unspecified atom stereocenters. The fourth-order valence-corrected chi connectivity index (χ4v) is 2.13. The molecule has 1 nitrogen and oxygen atoms in total. The molecule has 1 aliphatic carbocycles. The van der Waals surface area contributed by atoms with Crippen molar-refractivity contribution in [2.45, 2.75) is 25.3 Å². The standard InChI is InChI=1S/C11H13ClFN/c1-11(14,7-2-3-7)9-6-8(13)4-5-10(9)12/h4-7H,2-3,14H2,1H3. The topological polar surface area (TPSA) is 26.0 Å². The number of benzene rings is 1. The van der Waals surface area contributed by atoms with Crippen molar-refractivity contribution in [1.82, 2.24) is 0 Å². The van der Waals surface area contributed by atoms with Gasteiger partial charge in [-0.05, 0) is 49.4 Å². The van der Waals surface area contributed by atoms with Crippen LogP contribution < -0.4 is 5.73 Å². The summed E-state index contributed by atoms with van der Waals surface area (Å²) in [5.74, 6) is 0.170. The molecule has 1 aliphatic rings. The molecule has 0 heterocycles. The third-order valence-corrected chi connectivity index (χ3v) is 3.26. The van der Waals surface area contributed by atoms with Crippen LogP contribution in [0.2, 0.25) is 5.02 Å². The zero-order chi connectivity index (χ0) is 10.3. The predicted molar refractivity (Wildman–Crippen MR) is 55.7 cm³/mol. The van der Waals surface area contributed by atoms with E-state index in [4.69, 9.17) is 17.3 Å². The van der Waals surface area contributed by atoms with E-state index in [2.05, 4.69) is 0 Å². The van der Waals surface area contributed by atoms with Gasteiger partial charge in [-0.15, -0.1) is 0 Å². The molecule has 2 rings (SSSR count). The Kier molecular flexibility index (Phi) is 2.28. The second-order valence-electron chi connectivity index (χ2n) is 4.18. The SMILES string of the molecule is CC(N)(c1cc(F)ccc1Cl)C1CC1. The van der Waals surface area contributed by atoms with Gasteiger partial charge in [-0.2, -0.15) is 0 Å². The number of nitrogens with two attached hydrogens (primary N) is 1. The zero-order valence-electron chi connectivity index (χ0n) is 8.06. The van der Waals surface area contributed by atoms with Crippen molar-refractivity contribution in [2.75, 3.05) is 0 Å². The van der Waals surface area contributed by atoms with Gasteiger partial charge in [-0.25, -0.2) is 4.39 Å². The minimum atomic E-state index is -0.487.